The number of aromatic nitrogens is 1. The first-order chi connectivity index (χ1) is 13.0. The number of methoxy groups -OCH3 is 1. The molecule has 1 aromatic heterocycles. The van der Waals surface area contributed by atoms with Crippen LogP contribution in [0.2, 0.25) is 0 Å². The van der Waals surface area contributed by atoms with Crippen molar-refractivity contribution in [1.82, 2.24) is 4.57 Å². The largest absolute Gasteiger partial charge is 0.497 e. The van der Waals surface area contributed by atoms with Gasteiger partial charge in [0.15, 0.2) is 5.69 Å². The summed E-state index contributed by atoms with van der Waals surface area (Å²) in [6, 6.07) is 5.61. The molecular weight excluding hydrogens is 342 g/mol. The molecular formula is C21H29N3O3. The molecule has 1 aliphatic rings. The smallest absolute Gasteiger partial charge is 0.267 e. The van der Waals surface area contributed by atoms with Gasteiger partial charge in [0, 0.05) is 17.8 Å². The van der Waals surface area contributed by atoms with Crippen LogP contribution in [-0.4, -0.2) is 22.7 Å². The molecule has 146 valence electrons. The maximum atomic E-state index is 12.4. The van der Waals surface area contributed by atoms with Crippen LogP contribution >= 0.6 is 0 Å². The van der Waals surface area contributed by atoms with E-state index < -0.39 is 0 Å². The average molecular weight is 371 g/mol. The maximum absolute atomic E-state index is 12.4. The van der Waals surface area contributed by atoms with Crippen molar-refractivity contribution in [1.29, 1.82) is 0 Å². The fraction of sp³-hybridized carbons (Fsp3) is 0.571. The van der Waals surface area contributed by atoms with Crippen molar-refractivity contribution in [2.24, 2.45) is 22.1 Å². The Bertz CT molecular complexity index is 833. The predicted octanol–water partition coefficient (Wildman–Crippen LogP) is 5.59. The molecule has 0 unspecified atom stereocenters. The van der Waals surface area contributed by atoms with E-state index in [1.807, 2.05) is 22.8 Å². The van der Waals surface area contributed by atoms with Gasteiger partial charge in [0.2, 0.25) is 5.88 Å². The summed E-state index contributed by atoms with van der Waals surface area (Å²) in [5.41, 5.74) is 1.21. The summed E-state index contributed by atoms with van der Waals surface area (Å²) in [5.74, 6) is 1.03. The topological polar surface area (TPSA) is 76.2 Å². The Balaban J connectivity index is 1.95. The molecule has 0 aliphatic heterocycles. The Morgan fingerprint density at radius 3 is 2.70 bits per heavy atom. The van der Waals surface area contributed by atoms with Crippen molar-refractivity contribution in [2.75, 3.05) is 7.11 Å². The first-order valence-electron chi connectivity index (χ1n) is 9.86. The van der Waals surface area contributed by atoms with Crippen LogP contribution in [0.1, 0.15) is 52.4 Å². The number of aromatic hydroxyl groups is 1. The molecule has 0 atom stereocenters. The Labute approximate surface area is 160 Å². The standard InChI is InChI=1S/C21H29N3O3/c1-14(2)11-12-24-18-10-9-16(27-3)13-17(18)19(21(24)26)22-23-20(25)15-7-5-4-6-8-15/h9-10,13-15,26H,4-8,11-12H2,1-3H3. The SMILES string of the molecule is COc1ccc2c(c1)c(N=NC(=O)C1CCCCC1)c(O)n2CCC(C)C. The quantitative estimate of drug-likeness (QED) is 0.672. The van der Waals surface area contributed by atoms with Crippen LogP contribution in [0.3, 0.4) is 0 Å². The minimum Gasteiger partial charge on any atom is -0.497 e. The summed E-state index contributed by atoms with van der Waals surface area (Å²) in [6.07, 6.45) is 6.03. The Kier molecular flexibility index (Phi) is 6.14. The molecule has 0 bridgehead atoms. The van der Waals surface area contributed by atoms with Crippen molar-refractivity contribution < 1.29 is 14.6 Å². The normalized spacial score (nSPS) is 15.9. The number of carbonyl (C=O) groups excluding carboxylic acids is 1. The summed E-state index contributed by atoms with van der Waals surface area (Å²) < 4.78 is 7.16. The number of rotatable bonds is 6. The number of hydrogen-bond acceptors (Lipinski definition) is 4. The van der Waals surface area contributed by atoms with Gasteiger partial charge < -0.3 is 14.4 Å². The highest BCUT2D eigenvalue weighted by molar-refractivity contribution is 5.96. The van der Waals surface area contributed by atoms with E-state index in [4.69, 9.17) is 4.74 Å². The molecule has 0 saturated heterocycles. The number of hydrogen-bond donors (Lipinski definition) is 1. The molecule has 1 fully saturated rings. The van der Waals surface area contributed by atoms with Crippen molar-refractivity contribution >= 4 is 22.5 Å². The van der Waals surface area contributed by atoms with E-state index in [2.05, 4.69) is 24.1 Å². The summed E-state index contributed by atoms with van der Waals surface area (Å²) >= 11 is 0. The maximum Gasteiger partial charge on any atom is 0.267 e. The Morgan fingerprint density at radius 1 is 1.30 bits per heavy atom. The van der Waals surface area contributed by atoms with Crippen molar-refractivity contribution in [2.45, 2.75) is 58.9 Å². The van der Waals surface area contributed by atoms with Crippen molar-refractivity contribution in [3.05, 3.63) is 18.2 Å². The predicted molar refractivity (Wildman–Crippen MR) is 106 cm³/mol. The number of amides is 1. The number of carbonyl (C=O) groups is 1. The highest BCUT2D eigenvalue weighted by Crippen LogP contribution is 2.41. The molecule has 27 heavy (non-hydrogen) atoms. The first-order valence-corrected chi connectivity index (χ1v) is 9.86. The fourth-order valence-electron chi connectivity index (χ4n) is 3.67. The fourth-order valence-corrected chi connectivity index (χ4v) is 3.67. The van der Waals surface area contributed by atoms with E-state index in [0.717, 1.165) is 43.0 Å². The lowest BCUT2D eigenvalue weighted by molar-refractivity contribution is -0.122. The van der Waals surface area contributed by atoms with Gasteiger partial charge in [0.1, 0.15) is 5.75 Å². The zero-order valence-corrected chi connectivity index (χ0v) is 16.4. The number of azo groups is 1. The number of fused-ring (bicyclic) bond motifs is 1. The molecule has 6 nitrogen and oxygen atoms in total. The van der Waals surface area contributed by atoms with E-state index in [1.165, 1.54) is 6.42 Å². The molecule has 0 spiro atoms. The molecule has 2 aromatic rings. The van der Waals surface area contributed by atoms with Gasteiger partial charge in [-0.15, -0.1) is 10.2 Å². The summed E-state index contributed by atoms with van der Waals surface area (Å²) in [6.45, 7) is 4.98. The van der Waals surface area contributed by atoms with E-state index >= 15 is 0 Å². The summed E-state index contributed by atoms with van der Waals surface area (Å²) in [5, 5.41) is 19.7. The first kappa shape index (κ1) is 19.4. The lowest BCUT2D eigenvalue weighted by atomic mass is 9.89. The molecule has 1 saturated carbocycles. The second-order valence-electron chi connectivity index (χ2n) is 7.76. The number of nitrogens with zero attached hydrogens (tertiary/aromatic N) is 3. The molecule has 3 rings (SSSR count). The number of aryl methyl sites for hydroxylation is 1. The van der Waals surface area contributed by atoms with E-state index in [0.29, 0.717) is 23.9 Å². The molecule has 1 aliphatic carbocycles. The van der Waals surface area contributed by atoms with Crippen LogP contribution in [0.25, 0.3) is 10.9 Å². The molecule has 0 radical (unpaired) electrons. The van der Waals surface area contributed by atoms with Crippen LogP contribution in [0, 0.1) is 11.8 Å². The second-order valence-corrected chi connectivity index (χ2v) is 7.76. The second kappa shape index (κ2) is 8.55. The zero-order chi connectivity index (χ0) is 19.4. The van der Waals surface area contributed by atoms with Gasteiger partial charge in [-0.1, -0.05) is 33.1 Å². The minimum absolute atomic E-state index is 0.0338. The molecule has 6 heteroatoms. The van der Waals surface area contributed by atoms with E-state index in [1.54, 1.807) is 7.11 Å². The number of benzene rings is 1. The number of ether oxygens (including phenoxy) is 1. The summed E-state index contributed by atoms with van der Waals surface area (Å²) in [4.78, 5) is 12.4. The van der Waals surface area contributed by atoms with Crippen LogP contribution in [-0.2, 0) is 11.3 Å². The lowest BCUT2D eigenvalue weighted by Gasteiger charge is -2.17. The van der Waals surface area contributed by atoms with Gasteiger partial charge in [-0.25, -0.2) is 0 Å². The molecule has 1 N–H and O–H groups in total. The Morgan fingerprint density at radius 2 is 2.04 bits per heavy atom. The van der Waals surface area contributed by atoms with Gasteiger partial charge in [-0.3, -0.25) is 4.79 Å². The third kappa shape index (κ3) is 4.31. The van der Waals surface area contributed by atoms with Gasteiger partial charge >= 0.3 is 0 Å². The van der Waals surface area contributed by atoms with Crippen LogP contribution in [0.4, 0.5) is 5.69 Å². The Hall–Kier alpha value is -2.37. The molecule has 1 amide bonds. The zero-order valence-electron chi connectivity index (χ0n) is 16.4. The van der Waals surface area contributed by atoms with Crippen LogP contribution in [0.5, 0.6) is 11.6 Å². The average Bonchev–Trinajstić information content (AvgIpc) is 2.95. The highest BCUT2D eigenvalue weighted by Gasteiger charge is 2.22. The van der Waals surface area contributed by atoms with Crippen LogP contribution in [0.15, 0.2) is 28.4 Å². The molecule has 1 aromatic carbocycles. The van der Waals surface area contributed by atoms with Gasteiger partial charge in [0.25, 0.3) is 5.91 Å². The van der Waals surface area contributed by atoms with Gasteiger partial charge in [0.05, 0.1) is 12.6 Å². The minimum atomic E-state index is -0.180. The third-order valence-electron chi connectivity index (χ3n) is 5.35. The van der Waals surface area contributed by atoms with Gasteiger partial charge in [-0.2, -0.15) is 0 Å². The van der Waals surface area contributed by atoms with Crippen LogP contribution < -0.4 is 4.74 Å². The highest BCUT2D eigenvalue weighted by atomic mass is 16.5. The van der Waals surface area contributed by atoms with Crippen molar-refractivity contribution in [3.63, 3.8) is 0 Å². The van der Waals surface area contributed by atoms with Crippen molar-refractivity contribution in [3.8, 4) is 11.6 Å². The third-order valence-corrected chi connectivity index (χ3v) is 5.35. The lowest BCUT2D eigenvalue weighted by Crippen LogP contribution is -2.15. The molecule has 1 heterocycles. The van der Waals surface area contributed by atoms with E-state index in [9.17, 15) is 9.90 Å². The van der Waals surface area contributed by atoms with E-state index in [-0.39, 0.29) is 17.7 Å². The van der Waals surface area contributed by atoms with Gasteiger partial charge in [-0.05, 0) is 43.4 Å². The summed E-state index contributed by atoms with van der Waals surface area (Å²) in [7, 11) is 1.60. The monoisotopic (exact) mass is 371 g/mol.